The van der Waals surface area contributed by atoms with Gasteiger partial charge < -0.3 is 19.5 Å². The predicted molar refractivity (Wildman–Crippen MR) is 75.7 cm³/mol. The van der Waals surface area contributed by atoms with Crippen LogP contribution >= 0.6 is 12.2 Å². The molecule has 0 fully saturated rings. The first-order valence-corrected chi connectivity index (χ1v) is 6.21. The number of benzene rings is 1. The molecule has 0 aliphatic rings. The topological polar surface area (TPSA) is 39.7 Å². The minimum Gasteiger partial charge on any atom is -0.493 e. The molecule has 0 radical (unpaired) electrons. The van der Waals surface area contributed by atoms with Crippen molar-refractivity contribution in [1.29, 1.82) is 0 Å². The highest BCUT2D eigenvalue weighted by Crippen LogP contribution is 2.28. The molecule has 1 aromatic rings. The molecule has 0 aliphatic carbocycles. The van der Waals surface area contributed by atoms with Gasteiger partial charge in [-0.1, -0.05) is 12.2 Å². The third-order valence-electron chi connectivity index (χ3n) is 2.32. The molecule has 0 aromatic heterocycles. The number of rotatable bonds is 7. The van der Waals surface area contributed by atoms with Crippen molar-refractivity contribution in [2.75, 3.05) is 34.0 Å². The summed E-state index contributed by atoms with van der Waals surface area (Å²) in [4.78, 5) is 0.674. The lowest BCUT2D eigenvalue weighted by Crippen LogP contribution is -2.26. The number of hydrogen-bond donors (Lipinski definition) is 1. The van der Waals surface area contributed by atoms with Crippen molar-refractivity contribution < 1.29 is 14.2 Å². The summed E-state index contributed by atoms with van der Waals surface area (Å²) in [7, 11) is 3.27. The molecule has 0 aliphatic heterocycles. The van der Waals surface area contributed by atoms with E-state index in [1.807, 2.05) is 25.1 Å². The third-order valence-corrected chi connectivity index (χ3v) is 2.70. The van der Waals surface area contributed by atoms with Gasteiger partial charge in [-0.15, -0.1) is 0 Å². The average molecular weight is 269 g/mol. The fourth-order valence-electron chi connectivity index (χ4n) is 1.45. The van der Waals surface area contributed by atoms with E-state index in [1.54, 1.807) is 14.2 Å². The van der Waals surface area contributed by atoms with E-state index in [9.17, 15) is 0 Å². The molecule has 1 aromatic carbocycles. The molecule has 1 N–H and O–H groups in total. The van der Waals surface area contributed by atoms with Crippen molar-refractivity contribution in [2.24, 2.45) is 0 Å². The second-order valence-corrected chi connectivity index (χ2v) is 3.96. The largest absolute Gasteiger partial charge is 0.493 e. The molecule has 5 heteroatoms. The van der Waals surface area contributed by atoms with Gasteiger partial charge in [0.1, 0.15) is 4.99 Å². The van der Waals surface area contributed by atoms with Gasteiger partial charge in [0.25, 0.3) is 0 Å². The molecule has 0 atom stereocenters. The van der Waals surface area contributed by atoms with E-state index in [2.05, 4.69) is 5.32 Å². The maximum atomic E-state index is 5.45. The summed E-state index contributed by atoms with van der Waals surface area (Å²) in [5.41, 5.74) is 0.904. The molecule has 0 saturated carbocycles. The van der Waals surface area contributed by atoms with Crippen LogP contribution in [0.1, 0.15) is 12.5 Å². The first-order chi connectivity index (χ1) is 8.72. The Kier molecular flexibility index (Phi) is 6.46. The van der Waals surface area contributed by atoms with Gasteiger partial charge in [-0.05, 0) is 25.1 Å². The third kappa shape index (κ3) is 4.16. The van der Waals surface area contributed by atoms with Crippen LogP contribution in [0.2, 0.25) is 0 Å². The molecule has 0 amide bonds. The summed E-state index contributed by atoms with van der Waals surface area (Å²) in [6.45, 7) is 3.84. The molecule has 1 rings (SSSR count). The van der Waals surface area contributed by atoms with E-state index >= 15 is 0 Å². The van der Waals surface area contributed by atoms with Gasteiger partial charge in [0.2, 0.25) is 0 Å². The fraction of sp³-hybridized carbons (Fsp3) is 0.462. The molecule has 18 heavy (non-hydrogen) atoms. The maximum absolute atomic E-state index is 5.45. The highest BCUT2D eigenvalue weighted by atomic mass is 32.1. The molecule has 100 valence electrons. The number of methoxy groups -OCH3 is 2. The lowest BCUT2D eigenvalue weighted by molar-refractivity contribution is 0.204. The monoisotopic (exact) mass is 269 g/mol. The average Bonchev–Trinajstić information content (AvgIpc) is 2.39. The van der Waals surface area contributed by atoms with E-state index in [0.717, 1.165) is 11.3 Å². The van der Waals surface area contributed by atoms with Crippen molar-refractivity contribution >= 4 is 17.2 Å². The van der Waals surface area contributed by atoms with Gasteiger partial charge >= 0.3 is 0 Å². The normalized spacial score (nSPS) is 9.94. The van der Waals surface area contributed by atoms with Crippen LogP contribution in [0.5, 0.6) is 11.5 Å². The lowest BCUT2D eigenvalue weighted by atomic mass is 10.2. The van der Waals surface area contributed by atoms with Crippen LogP contribution in [-0.2, 0) is 4.74 Å². The van der Waals surface area contributed by atoms with Crippen LogP contribution in [0.3, 0.4) is 0 Å². The summed E-state index contributed by atoms with van der Waals surface area (Å²) < 4.78 is 15.7. The summed E-state index contributed by atoms with van der Waals surface area (Å²) in [6.07, 6.45) is 0. The Labute approximate surface area is 113 Å². The van der Waals surface area contributed by atoms with Crippen LogP contribution in [0.4, 0.5) is 0 Å². The van der Waals surface area contributed by atoms with Crippen molar-refractivity contribution in [3.05, 3.63) is 23.8 Å². The van der Waals surface area contributed by atoms with Crippen molar-refractivity contribution in [2.45, 2.75) is 6.92 Å². The van der Waals surface area contributed by atoms with Crippen LogP contribution in [0.15, 0.2) is 18.2 Å². The Balaban J connectivity index is 2.74. The number of thiocarbonyl (C=S) groups is 1. The van der Waals surface area contributed by atoms with Gasteiger partial charge in [0.05, 0.1) is 20.3 Å². The Hall–Kier alpha value is -1.33. The molecule has 0 saturated heterocycles. The minimum absolute atomic E-state index is 0.603. The van der Waals surface area contributed by atoms with Gasteiger partial charge in [-0.25, -0.2) is 0 Å². The van der Waals surface area contributed by atoms with Gasteiger partial charge in [0.15, 0.2) is 11.5 Å². The Morgan fingerprint density at radius 1 is 1.28 bits per heavy atom. The zero-order valence-corrected chi connectivity index (χ0v) is 11.8. The molecular formula is C13H19NO3S. The summed E-state index contributed by atoms with van der Waals surface area (Å²) in [5, 5.41) is 3.11. The van der Waals surface area contributed by atoms with E-state index in [1.165, 1.54) is 0 Å². The quantitative estimate of drug-likeness (QED) is 0.605. The van der Waals surface area contributed by atoms with E-state index in [-0.39, 0.29) is 0 Å². The van der Waals surface area contributed by atoms with Gasteiger partial charge in [-0.2, -0.15) is 0 Å². The summed E-state index contributed by atoms with van der Waals surface area (Å²) >= 11 is 5.29. The van der Waals surface area contributed by atoms with Crippen LogP contribution < -0.4 is 14.8 Å². The Morgan fingerprint density at radius 2 is 2.06 bits per heavy atom. The standard InChI is InChI=1S/C13H19NO3S/c1-4-17-11-6-5-10(9-12(11)16-3)13(18)14-7-8-15-2/h5-6,9H,4,7-8H2,1-3H3,(H,14,18). The van der Waals surface area contributed by atoms with Crippen molar-refractivity contribution in [1.82, 2.24) is 5.32 Å². The Bertz CT molecular complexity index is 396. The van der Waals surface area contributed by atoms with Crippen LogP contribution in [0, 0.1) is 0 Å². The Morgan fingerprint density at radius 3 is 2.67 bits per heavy atom. The molecule has 0 unspecified atom stereocenters. The van der Waals surface area contributed by atoms with Crippen LogP contribution in [-0.4, -0.2) is 39.0 Å². The van der Waals surface area contributed by atoms with Gasteiger partial charge in [0, 0.05) is 19.2 Å². The van der Waals surface area contributed by atoms with Gasteiger partial charge in [-0.3, -0.25) is 0 Å². The number of hydrogen-bond acceptors (Lipinski definition) is 4. The first kappa shape index (κ1) is 14.7. The highest BCUT2D eigenvalue weighted by molar-refractivity contribution is 7.80. The van der Waals surface area contributed by atoms with E-state index in [4.69, 9.17) is 26.4 Å². The second-order valence-electron chi connectivity index (χ2n) is 3.55. The highest BCUT2D eigenvalue weighted by Gasteiger charge is 2.08. The van der Waals surface area contributed by atoms with E-state index < -0.39 is 0 Å². The maximum Gasteiger partial charge on any atom is 0.161 e. The number of ether oxygens (including phenoxy) is 3. The summed E-state index contributed by atoms with van der Waals surface area (Å²) in [5.74, 6) is 1.41. The summed E-state index contributed by atoms with van der Waals surface area (Å²) in [6, 6.07) is 5.64. The van der Waals surface area contributed by atoms with Crippen molar-refractivity contribution in [3.8, 4) is 11.5 Å². The van der Waals surface area contributed by atoms with E-state index in [0.29, 0.717) is 30.5 Å². The molecule has 4 nitrogen and oxygen atoms in total. The fourth-order valence-corrected chi connectivity index (χ4v) is 1.68. The molecule has 0 heterocycles. The molecule has 0 spiro atoms. The first-order valence-electron chi connectivity index (χ1n) is 5.80. The smallest absolute Gasteiger partial charge is 0.161 e. The minimum atomic E-state index is 0.603. The molecular weight excluding hydrogens is 250 g/mol. The number of nitrogens with one attached hydrogen (secondary N) is 1. The SMILES string of the molecule is CCOc1ccc(C(=S)NCCOC)cc1OC. The predicted octanol–water partition coefficient (Wildman–Crippen LogP) is 2.01. The zero-order valence-electron chi connectivity index (χ0n) is 11.0. The lowest BCUT2D eigenvalue weighted by Gasteiger charge is -2.12. The van der Waals surface area contributed by atoms with Crippen LogP contribution in [0.25, 0.3) is 0 Å². The zero-order chi connectivity index (χ0) is 13.4. The van der Waals surface area contributed by atoms with Crippen molar-refractivity contribution in [3.63, 3.8) is 0 Å². The second kappa shape index (κ2) is 7.89. The molecule has 0 bridgehead atoms.